The van der Waals surface area contributed by atoms with Crippen LogP contribution in [0.5, 0.6) is 0 Å². The summed E-state index contributed by atoms with van der Waals surface area (Å²) in [4.78, 5) is 23.3. The van der Waals surface area contributed by atoms with Crippen LogP contribution in [0.4, 0.5) is 11.4 Å². The highest BCUT2D eigenvalue weighted by Gasteiger charge is 2.20. The van der Waals surface area contributed by atoms with E-state index >= 15 is 0 Å². The zero-order valence-electron chi connectivity index (χ0n) is 16.6. The highest BCUT2D eigenvalue weighted by Crippen LogP contribution is 2.33. The number of nitrogens with zero attached hydrogens (tertiary/aromatic N) is 3. The molecule has 0 aromatic heterocycles. The molecule has 0 aliphatic heterocycles. The van der Waals surface area contributed by atoms with Crippen molar-refractivity contribution in [3.8, 4) is 11.1 Å². The van der Waals surface area contributed by atoms with Gasteiger partial charge in [-0.2, -0.15) is 0 Å². The quantitative estimate of drug-likeness (QED) is 0.130. The predicted molar refractivity (Wildman–Crippen MR) is 116 cm³/mol. The second-order valence-corrected chi connectivity index (χ2v) is 6.31. The molecule has 0 aliphatic carbocycles. The van der Waals surface area contributed by atoms with Crippen molar-refractivity contribution < 1.29 is 19.6 Å². The van der Waals surface area contributed by atoms with E-state index in [2.05, 4.69) is 10.2 Å². The second-order valence-electron chi connectivity index (χ2n) is 6.31. The maximum atomic E-state index is 12.3. The van der Waals surface area contributed by atoms with E-state index < -0.39 is 22.3 Å². The number of nitro benzene ring substituents is 1. The van der Waals surface area contributed by atoms with Crippen molar-refractivity contribution in [3.63, 3.8) is 0 Å². The fourth-order valence-electron chi connectivity index (χ4n) is 2.79. The molecule has 3 rings (SSSR count). The molecule has 0 bridgehead atoms. The third-order valence-electron chi connectivity index (χ3n) is 4.28. The number of ether oxygens (including phenoxy) is 1. The van der Waals surface area contributed by atoms with Gasteiger partial charge in [-0.25, -0.2) is 4.79 Å². The minimum atomic E-state index is -0.892. The van der Waals surface area contributed by atoms with Crippen molar-refractivity contribution in [2.45, 2.75) is 6.92 Å². The van der Waals surface area contributed by atoms with Crippen LogP contribution in [0.25, 0.3) is 16.9 Å². The Morgan fingerprint density at radius 1 is 1.00 bits per heavy atom. The first-order valence-corrected chi connectivity index (χ1v) is 9.42. The van der Waals surface area contributed by atoms with Gasteiger partial charge in [0.25, 0.3) is 5.69 Å². The van der Waals surface area contributed by atoms with Gasteiger partial charge >= 0.3 is 5.97 Å². The first-order valence-electron chi connectivity index (χ1n) is 9.42. The standard InChI is InChI=1S/C23H19N3O5/c1-2-31-23(28)21(22(27)17-11-7-4-8-12-17)25-24-19-14-13-18(15-20(19)26(29)30)16-9-5-3-6-10-16/h3-15,27H,2H2,1H3. The molecule has 0 saturated carbocycles. The van der Waals surface area contributed by atoms with E-state index in [1.54, 1.807) is 43.3 Å². The van der Waals surface area contributed by atoms with Crippen LogP contribution in [-0.2, 0) is 9.53 Å². The lowest BCUT2D eigenvalue weighted by molar-refractivity contribution is -0.384. The fraction of sp³-hybridized carbons (Fsp3) is 0.0870. The summed E-state index contributed by atoms with van der Waals surface area (Å²) in [5, 5.41) is 29.8. The predicted octanol–water partition coefficient (Wildman–Crippen LogP) is 5.84. The number of rotatable bonds is 7. The van der Waals surface area contributed by atoms with Gasteiger partial charge in [0.05, 0.1) is 11.5 Å². The Hall–Kier alpha value is -4.33. The Bertz CT molecular complexity index is 1140. The Balaban J connectivity index is 2.04. The molecular formula is C23H19N3O5. The molecule has 0 atom stereocenters. The third kappa shape index (κ3) is 5.18. The van der Waals surface area contributed by atoms with Gasteiger partial charge in [-0.05, 0) is 24.1 Å². The Morgan fingerprint density at radius 3 is 2.26 bits per heavy atom. The van der Waals surface area contributed by atoms with E-state index in [0.717, 1.165) is 5.56 Å². The minimum Gasteiger partial charge on any atom is -0.505 e. The van der Waals surface area contributed by atoms with Crippen LogP contribution in [0.15, 0.2) is 94.8 Å². The first kappa shape index (κ1) is 21.4. The van der Waals surface area contributed by atoms with Gasteiger partial charge in [0.2, 0.25) is 5.70 Å². The second kappa shape index (κ2) is 9.93. The van der Waals surface area contributed by atoms with Crippen LogP contribution in [0.2, 0.25) is 0 Å². The molecule has 0 amide bonds. The molecule has 0 spiro atoms. The van der Waals surface area contributed by atoms with Crippen LogP contribution in [-0.4, -0.2) is 22.6 Å². The van der Waals surface area contributed by atoms with Crippen molar-refractivity contribution in [2.75, 3.05) is 6.61 Å². The van der Waals surface area contributed by atoms with Crippen LogP contribution < -0.4 is 0 Å². The van der Waals surface area contributed by atoms with Crippen molar-refractivity contribution in [3.05, 3.63) is 100 Å². The van der Waals surface area contributed by atoms with Gasteiger partial charge in [0, 0.05) is 11.6 Å². The zero-order chi connectivity index (χ0) is 22.2. The van der Waals surface area contributed by atoms with Gasteiger partial charge in [0.15, 0.2) is 11.4 Å². The summed E-state index contributed by atoms with van der Waals surface area (Å²) in [7, 11) is 0. The van der Waals surface area contributed by atoms with E-state index in [1.807, 2.05) is 30.3 Å². The Labute approximate surface area is 178 Å². The van der Waals surface area contributed by atoms with Crippen LogP contribution in [0.1, 0.15) is 12.5 Å². The van der Waals surface area contributed by atoms with E-state index in [1.165, 1.54) is 12.1 Å². The molecule has 0 saturated heterocycles. The molecule has 31 heavy (non-hydrogen) atoms. The van der Waals surface area contributed by atoms with Crippen molar-refractivity contribution >= 4 is 23.1 Å². The molecule has 0 aliphatic rings. The van der Waals surface area contributed by atoms with Gasteiger partial charge in [-0.15, -0.1) is 10.2 Å². The molecule has 3 aromatic carbocycles. The first-order chi connectivity index (χ1) is 15.0. The summed E-state index contributed by atoms with van der Waals surface area (Å²) < 4.78 is 4.95. The maximum absolute atomic E-state index is 12.3. The van der Waals surface area contributed by atoms with Crippen LogP contribution in [0, 0.1) is 10.1 Å². The Kier molecular flexibility index (Phi) is 6.85. The van der Waals surface area contributed by atoms with Crippen molar-refractivity contribution in [1.29, 1.82) is 0 Å². The Morgan fingerprint density at radius 2 is 1.65 bits per heavy atom. The average molecular weight is 417 g/mol. The molecule has 156 valence electrons. The minimum absolute atomic E-state index is 0.0614. The number of aliphatic hydroxyl groups is 1. The molecule has 0 radical (unpaired) electrons. The molecule has 8 nitrogen and oxygen atoms in total. The number of benzene rings is 3. The lowest BCUT2D eigenvalue weighted by Crippen LogP contribution is -2.08. The normalized spacial score (nSPS) is 11.8. The van der Waals surface area contributed by atoms with E-state index in [4.69, 9.17) is 4.74 Å². The molecule has 0 fully saturated rings. The SMILES string of the molecule is CCOC(=O)C(N=Nc1ccc(-c2ccccc2)cc1[N+](=O)[O-])=C(O)c1ccccc1. The lowest BCUT2D eigenvalue weighted by Gasteiger charge is -2.06. The van der Waals surface area contributed by atoms with Gasteiger partial charge in [-0.3, -0.25) is 10.1 Å². The van der Waals surface area contributed by atoms with Crippen molar-refractivity contribution in [1.82, 2.24) is 0 Å². The largest absolute Gasteiger partial charge is 0.505 e. The summed E-state index contributed by atoms with van der Waals surface area (Å²) in [5.74, 6) is -1.33. The van der Waals surface area contributed by atoms with Crippen molar-refractivity contribution in [2.24, 2.45) is 10.2 Å². The molecule has 8 heteroatoms. The summed E-state index contributed by atoms with van der Waals surface area (Å²) in [6.45, 7) is 1.67. The molecular weight excluding hydrogens is 398 g/mol. The topological polar surface area (TPSA) is 114 Å². The van der Waals surface area contributed by atoms with Crippen LogP contribution in [0.3, 0.4) is 0 Å². The summed E-state index contributed by atoms with van der Waals surface area (Å²) >= 11 is 0. The number of hydrogen-bond donors (Lipinski definition) is 1. The summed E-state index contributed by atoms with van der Waals surface area (Å²) in [6, 6.07) is 21.9. The lowest BCUT2D eigenvalue weighted by atomic mass is 10.0. The smallest absolute Gasteiger partial charge is 0.362 e. The zero-order valence-corrected chi connectivity index (χ0v) is 16.6. The van der Waals surface area contributed by atoms with E-state index in [0.29, 0.717) is 11.1 Å². The van der Waals surface area contributed by atoms with Gasteiger partial charge in [-0.1, -0.05) is 66.7 Å². The maximum Gasteiger partial charge on any atom is 0.362 e. The molecule has 0 unspecified atom stereocenters. The van der Waals surface area contributed by atoms with Gasteiger partial charge in [0.1, 0.15) is 0 Å². The van der Waals surface area contributed by atoms with Gasteiger partial charge < -0.3 is 9.84 Å². The molecule has 3 aromatic rings. The number of carbonyl (C=O) groups is 1. The number of esters is 1. The number of azo groups is 1. The molecule has 1 N–H and O–H groups in total. The monoisotopic (exact) mass is 417 g/mol. The average Bonchev–Trinajstić information content (AvgIpc) is 2.80. The molecule has 0 heterocycles. The van der Waals surface area contributed by atoms with E-state index in [9.17, 15) is 20.0 Å². The number of carbonyl (C=O) groups excluding carboxylic acids is 1. The highest BCUT2D eigenvalue weighted by atomic mass is 16.6. The highest BCUT2D eigenvalue weighted by molar-refractivity contribution is 5.95. The third-order valence-corrected chi connectivity index (χ3v) is 4.28. The summed E-state index contributed by atoms with van der Waals surface area (Å²) in [6.07, 6.45) is 0. The summed E-state index contributed by atoms with van der Waals surface area (Å²) in [5.41, 5.74) is 0.982. The van der Waals surface area contributed by atoms with E-state index in [-0.39, 0.29) is 18.0 Å². The number of aliphatic hydroxyl groups excluding tert-OH is 1. The van der Waals surface area contributed by atoms with Crippen LogP contribution >= 0.6 is 0 Å². The fourth-order valence-corrected chi connectivity index (χ4v) is 2.79. The number of hydrogen-bond acceptors (Lipinski definition) is 7. The number of nitro groups is 1.